The fraction of sp³-hybridized carbons (Fsp3) is 0.188. The van der Waals surface area contributed by atoms with Gasteiger partial charge in [0.2, 0.25) is 0 Å². The summed E-state index contributed by atoms with van der Waals surface area (Å²) < 4.78 is 5.14. The third-order valence-electron chi connectivity index (χ3n) is 3.46. The van der Waals surface area contributed by atoms with Crippen LogP contribution in [0.25, 0.3) is 10.9 Å². The summed E-state index contributed by atoms with van der Waals surface area (Å²) in [6.07, 6.45) is 0. The van der Waals surface area contributed by atoms with Gasteiger partial charge in [-0.15, -0.1) is 0 Å². The van der Waals surface area contributed by atoms with Crippen LogP contribution in [-0.4, -0.2) is 10.1 Å². The van der Waals surface area contributed by atoms with Gasteiger partial charge in [0.25, 0.3) is 0 Å². The van der Waals surface area contributed by atoms with Gasteiger partial charge in [-0.05, 0) is 26.0 Å². The first-order valence-electron chi connectivity index (χ1n) is 6.64. The van der Waals surface area contributed by atoms with Gasteiger partial charge in [-0.25, -0.2) is 4.98 Å². The number of hydrogen-bond acceptors (Lipinski definition) is 5. The third kappa shape index (κ3) is 2.43. The predicted molar refractivity (Wildman–Crippen MR) is 79.8 cm³/mol. The van der Waals surface area contributed by atoms with Gasteiger partial charge >= 0.3 is 0 Å². The Morgan fingerprint density at radius 2 is 2.10 bits per heavy atom. The average molecular weight is 278 g/mol. The van der Waals surface area contributed by atoms with E-state index in [1.54, 1.807) is 0 Å². The Morgan fingerprint density at radius 1 is 1.29 bits per heavy atom. The Bertz CT molecular complexity index is 826. The van der Waals surface area contributed by atoms with Crippen molar-refractivity contribution in [1.29, 1.82) is 5.26 Å². The van der Waals surface area contributed by atoms with Crippen LogP contribution in [0.2, 0.25) is 0 Å². The zero-order valence-electron chi connectivity index (χ0n) is 11.8. The molecule has 0 radical (unpaired) electrons. The van der Waals surface area contributed by atoms with Gasteiger partial charge in [-0.3, -0.25) is 0 Å². The van der Waals surface area contributed by atoms with Gasteiger partial charge in [-0.2, -0.15) is 5.26 Å². The molecule has 104 valence electrons. The quantitative estimate of drug-likeness (QED) is 0.795. The van der Waals surface area contributed by atoms with E-state index in [-0.39, 0.29) is 0 Å². The molecule has 5 heteroatoms. The van der Waals surface area contributed by atoms with E-state index in [1.807, 2.05) is 44.2 Å². The fourth-order valence-electron chi connectivity index (χ4n) is 2.26. The van der Waals surface area contributed by atoms with E-state index < -0.39 is 0 Å². The highest BCUT2D eigenvalue weighted by atomic mass is 16.5. The maximum atomic E-state index is 9.28. The van der Waals surface area contributed by atoms with Crippen LogP contribution in [0, 0.1) is 25.2 Å². The molecule has 0 fully saturated rings. The second-order valence-corrected chi connectivity index (χ2v) is 4.85. The number of fused-ring (bicyclic) bond motifs is 1. The number of nitrogens with one attached hydrogen (secondary N) is 1. The number of nitriles is 1. The highest BCUT2D eigenvalue weighted by molar-refractivity contribution is 5.82. The molecule has 0 bridgehead atoms. The van der Waals surface area contributed by atoms with E-state index in [2.05, 4.69) is 21.5 Å². The van der Waals surface area contributed by atoms with Crippen molar-refractivity contribution in [2.24, 2.45) is 0 Å². The molecule has 2 aromatic heterocycles. The van der Waals surface area contributed by atoms with Gasteiger partial charge < -0.3 is 9.84 Å². The molecule has 3 rings (SSSR count). The molecule has 0 aliphatic heterocycles. The first kappa shape index (κ1) is 13.1. The molecule has 1 aromatic carbocycles. The van der Waals surface area contributed by atoms with Crippen molar-refractivity contribution in [2.45, 2.75) is 20.4 Å². The van der Waals surface area contributed by atoms with E-state index in [0.717, 1.165) is 27.9 Å². The lowest BCUT2D eigenvalue weighted by Gasteiger charge is -2.08. The first-order chi connectivity index (χ1) is 10.2. The van der Waals surface area contributed by atoms with Crippen LogP contribution >= 0.6 is 0 Å². The van der Waals surface area contributed by atoms with E-state index in [4.69, 9.17) is 4.52 Å². The van der Waals surface area contributed by atoms with Crippen LogP contribution in [0.5, 0.6) is 0 Å². The van der Waals surface area contributed by atoms with Crippen LogP contribution in [-0.2, 0) is 6.54 Å². The number of anilines is 1. The van der Waals surface area contributed by atoms with Gasteiger partial charge in [0.05, 0.1) is 16.8 Å². The molecule has 5 nitrogen and oxygen atoms in total. The summed E-state index contributed by atoms with van der Waals surface area (Å²) in [6, 6.07) is 11.8. The molecule has 0 unspecified atom stereocenters. The first-order valence-corrected chi connectivity index (χ1v) is 6.64. The largest absolute Gasteiger partial charge is 0.365 e. The summed E-state index contributed by atoms with van der Waals surface area (Å²) in [5, 5.41) is 17.4. The van der Waals surface area contributed by atoms with Gasteiger partial charge in [0, 0.05) is 17.5 Å². The summed E-state index contributed by atoms with van der Waals surface area (Å²) >= 11 is 0. The maximum absolute atomic E-state index is 9.28. The Kier molecular flexibility index (Phi) is 3.28. The molecule has 0 saturated carbocycles. The molecule has 2 heterocycles. The Morgan fingerprint density at radius 3 is 2.81 bits per heavy atom. The summed E-state index contributed by atoms with van der Waals surface area (Å²) in [5.74, 6) is 1.36. The highest BCUT2D eigenvalue weighted by Crippen LogP contribution is 2.21. The molecule has 0 aliphatic carbocycles. The fourth-order valence-corrected chi connectivity index (χ4v) is 2.26. The topological polar surface area (TPSA) is 74.7 Å². The monoisotopic (exact) mass is 278 g/mol. The molecule has 0 aliphatic rings. The Hall–Kier alpha value is -2.87. The van der Waals surface area contributed by atoms with Crippen LogP contribution in [0.4, 0.5) is 5.82 Å². The van der Waals surface area contributed by atoms with Crippen LogP contribution in [0.3, 0.4) is 0 Å². The normalized spacial score (nSPS) is 10.5. The minimum atomic E-state index is 0.528. The van der Waals surface area contributed by atoms with Crippen molar-refractivity contribution in [2.75, 3.05) is 5.32 Å². The molecular formula is C16H14N4O. The Balaban J connectivity index is 1.95. The summed E-state index contributed by atoms with van der Waals surface area (Å²) in [6.45, 7) is 4.30. The van der Waals surface area contributed by atoms with Crippen molar-refractivity contribution in [3.05, 3.63) is 52.9 Å². The minimum Gasteiger partial charge on any atom is -0.365 e. The summed E-state index contributed by atoms with van der Waals surface area (Å²) in [5.41, 5.74) is 3.23. The number of aromatic nitrogens is 2. The maximum Gasteiger partial charge on any atom is 0.144 e. The number of benzene rings is 1. The number of rotatable bonds is 3. The van der Waals surface area contributed by atoms with E-state index in [0.29, 0.717) is 17.9 Å². The molecule has 21 heavy (non-hydrogen) atoms. The average Bonchev–Trinajstić information content (AvgIpc) is 2.83. The molecule has 0 spiro atoms. The summed E-state index contributed by atoms with van der Waals surface area (Å²) in [7, 11) is 0. The number of para-hydroxylation sites is 1. The van der Waals surface area contributed by atoms with E-state index in [1.165, 1.54) is 0 Å². The van der Waals surface area contributed by atoms with Crippen molar-refractivity contribution in [3.63, 3.8) is 0 Å². The van der Waals surface area contributed by atoms with E-state index in [9.17, 15) is 5.26 Å². The van der Waals surface area contributed by atoms with Gasteiger partial charge in [-0.1, -0.05) is 23.4 Å². The molecule has 0 amide bonds. The molecule has 0 atom stereocenters. The molecule has 0 saturated heterocycles. The highest BCUT2D eigenvalue weighted by Gasteiger charge is 2.11. The number of pyridine rings is 1. The second-order valence-electron chi connectivity index (χ2n) is 4.85. The standard InChI is InChI=1S/C16H14N4O/c1-10-14(11(2)21-20-10)9-18-16-13(8-17)7-12-5-3-4-6-15(12)19-16/h3-7H,9H2,1-2H3,(H,18,19). The smallest absolute Gasteiger partial charge is 0.144 e. The zero-order valence-corrected chi connectivity index (χ0v) is 11.8. The van der Waals surface area contributed by atoms with Crippen LogP contribution in [0.1, 0.15) is 22.6 Å². The second kappa shape index (κ2) is 5.25. The van der Waals surface area contributed by atoms with Crippen molar-refractivity contribution >= 4 is 16.7 Å². The SMILES string of the molecule is Cc1noc(C)c1CNc1nc2ccccc2cc1C#N. The van der Waals surface area contributed by atoms with Gasteiger partial charge in [0.1, 0.15) is 17.6 Å². The Labute approximate surface area is 122 Å². The molecule has 3 aromatic rings. The summed E-state index contributed by atoms with van der Waals surface area (Å²) in [4.78, 5) is 4.52. The predicted octanol–water partition coefficient (Wildman–Crippen LogP) is 3.32. The van der Waals surface area contributed by atoms with Crippen molar-refractivity contribution < 1.29 is 4.52 Å². The zero-order chi connectivity index (χ0) is 14.8. The van der Waals surface area contributed by atoms with Crippen molar-refractivity contribution in [3.8, 4) is 6.07 Å². The molecular weight excluding hydrogens is 264 g/mol. The lowest BCUT2D eigenvalue weighted by atomic mass is 10.1. The lowest BCUT2D eigenvalue weighted by molar-refractivity contribution is 0.392. The number of nitrogens with zero attached hydrogens (tertiary/aromatic N) is 3. The number of hydrogen-bond donors (Lipinski definition) is 1. The van der Waals surface area contributed by atoms with Crippen molar-refractivity contribution in [1.82, 2.24) is 10.1 Å². The number of aryl methyl sites for hydroxylation is 2. The van der Waals surface area contributed by atoms with Crippen LogP contribution < -0.4 is 5.32 Å². The van der Waals surface area contributed by atoms with Gasteiger partial charge in [0.15, 0.2) is 0 Å². The molecule has 1 N–H and O–H groups in total. The lowest BCUT2D eigenvalue weighted by Crippen LogP contribution is -2.05. The third-order valence-corrected chi connectivity index (χ3v) is 3.46. The van der Waals surface area contributed by atoms with E-state index >= 15 is 0 Å². The minimum absolute atomic E-state index is 0.528. The van der Waals surface area contributed by atoms with Crippen LogP contribution in [0.15, 0.2) is 34.9 Å².